The lowest BCUT2D eigenvalue weighted by molar-refractivity contribution is 0.137. The largest absolute Gasteiger partial charge is 0.302 e. The molecule has 1 aliphatic heterocycles. The van der Waals surface area contributed by atoms with Crippen LogP contribution in [0, 0.1) is 11.8 Å². The number of rotatable bonds is 4. The minimum Gasteiger partial charge on any atom is -0.254 e. The maximum Gasteiger partial charge on any atom is 0.302 e. The summed E-state index contributed by atoms with van der Waals surface area (Å²) < 4.78 is 29.5. The second kappa shape index (κ2) is 6.54. The molecule has 6 heteroatoms. The highest BCUT2D eigenvalue weighted by molar-refractivity contribution is 7.90. The molecule has 0 amide bonds. The Labute approximate surface area is 133 Å². The van der Waals surface area contributed by atoms with Crippen molar-refractivity contribution in [3.8, 4) is 0 Å². The highest BCUT2D eigenvalue weighted by atomic mass is 32.2. The fourth-order valence-electron chi connectivity index (χ4n) is 3.72. The molecule has 1 N–H and O–H groups in total. The molecule has 3 rings (SSSR count). The molecule has 1 saturated heterocycles. The van der Waals surface area contributed by atoms with Crippen molar-refractivity contribution >= 4 is 16.0 Å². The van der Waals surface area contributed by atoms with E-state index in [4.69, 9.17) is 0 Å². The molecule has 2 fully saturated rings. The normalized spacial score (nSPS) is 26.4. The molecule has 5 nitrogen and oxygen atoms in total. The number of fused-ring (bicyclic) bond motifs is 1. The first-order chi connectivity index (χ1) is 10.6. The third kappa shape index (κ3) is 3.43. The maximum absolute atomic E-state index is 12.6. The van der Waals surface area contributed by atoms with Crippen LogP contribution in [0.25, 0.3) is 0 Å². The van der Waals surface area contributed by atoms with Crippen LogP contribution in [0.1, 0.15) is 44.7 Å². The SMILES string of the molecule is CCc1cccc(NS(=O)(=O)N2CC[C@@H]3CCCC[C@@H]3C2)n1. The molecule has 1 aromatic rings. The zero-order valence-electron chi connectivity index (χ0n) is 13.2. The summed E-state index contributed by atoms with van der Waals surface area (Å²) in [6.45, 7) is 3.30. The van der Waals surface area contributed by atoms with E-state index in [0.717, 1.165) is 24.5 Å². The number of pyridine rings is 1. The number of nitrogens with one attached hydrogen (secondary N) is 1. The summed E-state index contributed by atoms with van der Waals surface area (Å²) >= 11 is 0. The number of aryl methyl sites for hydroxylation is 1. The number of nitrogens with zero attached hydrogens (tertiary/aromatic N) is 2. The first-order valence-electron chi connectivity index (χ1n) is 8.32. The molecular weight excluding hydrogens is 298 g/mol. The molecule has 1 aromatic heterocycles. The van der Waals surface area contributed by atoms with Gasteiger partial charge in [0.1, 0.15) is 5.82 Å². The number of aromatic nitrogens is 1. The van der Waals surface area contributed by atoms with E-state index in [1.165, 1.54) is 25.7 Å². The summed E-state index contributed by atoms with van der Waals surface area (Å²) in [4.78, 5) is 4.34. The standard InChI is InChI=1S/C16H25N3O2S/c1-2-15-8-5-9-16(17-15)18-22(20,21)19-11-10-13-6-3-4-7-14(13)12-19/h5,8-9,13-14H,2-4,6-7,10-12H2,1H3,(H,17,18)/t13-,14+/m0/s1. The van der Waals surface area contributed by atoms with E-state index < -0.39 is 10.2 Å². The van der Waals surface area contributed by atoms with E-state index >= 15 is 0 Å². The molecule has 1 aliphatic carbocycles. The Morgan fingerprint density at radius 3 is 2.77 bits per heavy atom. The molecule has 0 spiro atoms. The molecule has 122 valence electrons. The smallest absolute Gasteiger partial charge is 0.254 e. The molecule has 0 radical (unpaired) electrons. The fraction of sp³-hybridized carbons (Fsp3) is 0.688. The van der Waals surface area contributed by atoms with Crippen LogP contribution in [-0.4, -0.2) is 30.8 Å². The van der Waals surface area contributed by atoms with Crippen LogP contribution >= 0.6 is 0 Å². The topological polar surface area (TPSA) is 62.3 Å². The Kier molecular flexibility index (Phi) is 4.68. The van der Waals surface area contributed by atoms with Crippen LogP contribution in [-0.2, 0) is 16.6 Å². The molecule has 0 unspecified atom stereocenters. The van der Waals surface area contributed by atoms with Crippen molar-refractivity contribution in [2.24, 2.45) is 11.8 Å². The van der Waals surface area contributed by atoms with Crippen molar-refractivity contribution in [2.45, 2.75) is 45.4 Å². The Bertz CT molecular complexity index is 618. The molecule has 0 bridgehead atoms. The fourth-order valence-corrected chi connectivity index (χ4v) is 4.96. The number of hydrogen-bond acceptors (Lipinski definition) is 3. The number of piperidine rings is 1. The van der Waals surface area contributed by atoms with Crippen LogP contribution in [0.4, 0.5) is 5.82 Å². The maximum atomic E-state index is 12.6. The minimum absolute atomic E-state index is 0.421. The van der Waals surface area contributed by atoms with Crippen molar-refractivity contribution < 1.29 is 8.42 Å². The predicted octanol–water partition coefficient (Wildman–Crippen LogP) is 2.81. The van der Waals surface area contributed by atoms with Gasteiger partial charge < -0.3 is 0 Å². The lowest BCUT2D eigenvalue weighted by atomic mass is 9.76. The van der Waals surface area contributed by atoms with Gasteiger partial charge in [-0.3, -0.25) is 4.72 Å². The van der Waals surface area contributed by atoms with E-state index in [1.807, 2.05) is 19.1 Å². The average Bonchev–Trinajstić information content (AvgIpc) is 2.54. The summed E-state index contributed by atoms with van der Waals surface area (Å²) in [6.07, 6.45) is 6.77. The lowest BCUT2D eigenvalue weighted by Crippen LogP contribution is -2.46. The second-order valence-electron chi connectivity index (χ2n) is 6.43. The van der Waals surface area contributed by atoms with E-state index in [0.29, 0.717) is 24.8 Å². The van der Waals surface area contributed by atoms with E-state index in [1.54, 1.807) is 10.4 Å². The third-order valence-electron chi connectivity index (χ3n) is 5.00. The second-order valence-corrected chi connectivity index (χ2v) is 8.10. The van der Waals surface area contributed by atoms with Crippen LogP contribution in [0.2, 0.25) is 0 Å². The molecule has 2 atom stereocenters. The van der Waals surface area contributed by atoms with Gasteiger partial charge in [0.05, 0.1) is 0 Å². The number of hydrogen-bond donors (Lipinski definition) is 1. The van der Waals surface area contributed by atoms with Crippen molar-refractivity contribution in [2.75, 3.05) is 17.8 Å². The molecule has 2 aliphatic rings. The number of anilines is 1. The molecule has 0 aromatic carbocycles. The van der Waals surface area contributed by atoms with Crippen molar-refractivity contribution in [3.63, 3.8) is 0 Å². The van der Waals surface area contributed by atoms with Crippen LogP contribution < -0.4 is 4.72 Å². The third-order valence-corrected chi connectivity index (χ3v) is 6.47. The van der Waals surface area contributed by atoms with Crippen LogP contribution in [0.3, 0.4) is 0 Å². The molecule has 2 heterocycles. The van der Waals surface area contributed by atoms with Crippen molar-refractivity contribution in [1.82, 2.24) is 9.29 Å². The van der Waals surface area contributed by atoms with Gasteiger partial charge in [0.15, 0.2) is 0 Å². The van der Waals surface area contributed by atoms with Gasteiger partial charge in [0.2, 0.25) is 0 Å². The summed E-state index contributed by atoms with van der Waals surface area (Å²) in [6, 6.07) is 5.46. The Morgan fingerprint density at radius 2 is 2.00 bits per heavy atom. The quantitative estimate of drug-likeness (QED) is 0.927. The van der Waals surface area contributed by atoms with Crippen LogP contribution in [0.5, 0.6) is 0 Å². The minimum atomic E-state index is -3.49. The Hall–Kier alpha value is -1.14. The summed E-state index contributed by atoms with van der Waals surface area (Å²) in [5.74, 6) is 1.68. The van der Waals surface area contributed by atoms with Crippen molar-refractivity contribution in [1.29, 1.82) is 0 Å². The van der Waals surface area contributed by atoms with Gasteiger partial charge in [0.25, 0.3) is 0 Å². The first kappa shape index (κ1) is 15.7. The molecule has 1 saturated carbocycles. The van der Waals surface area contributed by atoms with Crippen molar-refractivity contribution in [3.05, 3.63) is 23.9 Å². The zero-order chi connectivity index (χ0) is 15.6. The Balaban J connectivity index is 1.69. The van der Waals surface area contributed by atoms with Gasteiger partial charge in [-0.1, -0.05) is 32.3 Å². The molecular formula is C16H25N3O2S. The van der Waals surface area contributed by atoms with E-state index in [9.17, 15) is 8.42 Å². The monoisotopic (exact) mass is 323 g/mol. The van der Waals surface area contributed by atoms with E-state index in [-0.39, 0.29) is 0 Å². The average molecular weight is 323 g/mol. The summed E-state index contributed by atoms with van der Waals surface area (Å²) in [5.41, 5.74) is 0.895. The van der Waals surface area contributed by atoms with Gasteiger partial charge >= 0.3 is 10.2 Å². The van der Waals surface area contributed by atoms with Gasteiger partial charge in [-0.25, -0.2) is 4.98 Å². The summed E-state index contributed by atoms with van der Waals surface area (Å²) in [7, 11) is -3.49. The first-order valence-corrected chi connectivity index (χ1v) is 9.76. The molecule has 22 heavy (non-hydrogen) atoms. The zero-order valence-corrected chi connectivity index (χ0v) is 14.0. The highest BCUT2D eigenvalue weighted by Crippen LogP contribution is 2.36. The van der Waals surface area contributed by atoms with Gasteiger partial charge in [-0.15, -0.1) is 0 Å². The van der Waals surface area contributed by atoms with Gasteiger partial charge in [-0.2, -0.15) is 12.7 Å². The lowest BCUT2D eigenvalue weighted by Gasteiger charge is -2.40. The highest BCUT2D eigenvalue weighted by Gasteiger charge is 2.35. The van der Waals surface area contributed by atoms with Gasteiger partial charge in [0, 0.05) is 18.8 Å². The van der Waals surface area contributed by atoms with Gasteiger partial charge in [-0.05, 0) is 43.2 Å². The van der Waals surface area contributed by atoms with E-state index in [2.05, 4.69) is 9.71 Å². The summed E-state index contributed by atoms with van der Waals surface area (Å²) in [5, 5.41) is 0. The predicted molar refractivity (Wildman–Crippen MR) is 87.8 cm³/mol. The Morgan fingerprint density at radius 1 is 1.23 bits per heavy atom. The van der Waals surface area contributed by atoms with Crippen LogP contribution in [0.15, 0.2) is 18.2 Å².